The number of anilines is 2. The van der Waals surface area contributed by atoms with Gasteiger partial charge in [-0.3, -0.25) is 0 Å². The van der Waals surface area contributed by atoms with Gasteiger partial charge in [-0.1, -0.05) is 0 Å². The second-order valence-corrected chi connectivity index (χ2v) is 6.17. The molecule has 0 bridgehead atoms. The number of nitrogens with zero attached hydrogens (tertiary/aromatic N) is 3. The third kappa shape index (κ3) is 1.89. The van der Waals surface area contributed by atoms with Crippen molar-refractivity contribution in [2.75, 3.05) is 17.2 Å². The maximum Gasteiger partial charge on any atom is 0.222 e. The van der Waals surface area contributed by atoms with Crippen LogP contribution in [0, 0.1) is 0 Å². The fourth-order valence-electron chi connectivity index (χ4n) is 2.37. The van der Waals surface area contributed by atoms with Gasteiger partial charge in [-0.15, -0.1) is 11.3 Å². The second kappa shape index (κ2) is 4.51. The number of hydrogen-bond donors (Lipinski definition) is 1. The molecule has 1 aliphatic rings. The highest BCUT2D eigenvalue weighted by Crippen LogP contribution is 2.37. The molecule has 6 heteroatoms. The van der Waals surface area contributed by atoms with Crippen molar-refractivity contribution in [1.82, 2.24) is 9.97 Å². The molecular formula is C12H13BrN4S. The van der Waals surface area contributed by atoms with Crippen molar-refractivity contribution in [3.8, 4) is 0 Å². The molecule has 0 aromatic carbocycles. The molecule has 3 rings (SSSR count). The summed E-state index contributed by atoms with van der Waals surface area (Å²) in [5.41, 5.74) is 7.09. The van der Waals surface area contributed by atoms with Crippen LogP contribution < -0.4 is 10.6 Å². The van der Waals surface area contributed by atoms with Gasteiger partial charge in [0.25, 0.3) is 0 Å². The predicted octanol–water partition coefficient (Wildman–Crippen LogP) is 3.01. The highest BCUT2D eigenvalue weighted by molar-refractivity contribution is 9.10. The zero-order valence-corrected chi connectivity index (χ0v) is 12.3. The lowest BCUT2D eigenvalue weighted by Crippen LogP contribution is -2.34. The van der Waals surface area contributed by atoms with Crippen LogP contribution in [0.3, 0.4) is 0 Å². The van der Waals surface area contributed by atoms with Gasteiger partial charge in [-0.05, 0) is 46.3 Å². The minimum atomic E-state index is 0.316. The van der Waals surface area contributed by atoms with Crippen molar-refractivity contribution < 1.29 is 0 Å². The Labute approximate surface area is 118 Å². The molecule has 0 fully saturated rings. The molecule has 0 aliphatic carbocycles. The first kappa shape index (κ1) is 11.9. The van der Waals surface area contributed by atoms with Gasteiger partial charge in [-0.25, -0.2) is 4.98 Å². The fraction of sp³-hybridized carbons (Fsp3) is 0.333. The molecular weight excluding hydrogens is 312 g/mol. The van der Waals surface area contributed by atoms with E-state index in [0.717, 1.165) is 23.3 Å². The Morgan fingerprint density at radius 2 is 2.39 bits per heavy atom. The van der Waals surface area contributed by atoms with Crippen LogP contribution in [0.2, 0.25) is 0 Å². The number of nitrogens with two attached hydrogens (primary N) is 1. The molecule has 0 spiro atoms. The average molecular weight is 325 g/mol. The minimum absolute atomic E-state index is 0.316. The van der Waals surface area contributed by atoms with E-state index < -0.39 is 0 Å². The molecule has 1 unspecified atom stereocenters. The number of halogens is 1. The summed E-state index contributed by atoms with van der Waals surface area (Å²) in [5.74, 6) is 1.20. The first-order valence-electron chi connectivity index (χ1n) is 5.77. The number of thiophene rings is 1. The molecule has 1 aliphatic heterocycles. The van der Waals surface area contributed by atoms with E-state index in [1.807, 2.05) is 11.3 Å². The summed E-state index contributed by atoms with van der Waals surface area (Å²) >= 11 is 5.34. The van der Waals surface area contributed by atoms with E-state index in [2.05, 4.69) is 49.2 Å². The summed E-state index contributed by atoms with van der Waals surface area (Å²) in [6.45, 7) is 3.17. The summed E-state index contributed by atoms with van der Waals surface area (Å²) in [6.07, 6.45) is 2.78. The zero-order chi connectivity index (χ0) is 12.7. The topological polar surface area (TPSA) is 55.0 Å². The molecule has 0 radical (unpaired) electrons. The molecule has 2 N–H and O–H groups in total. The summed E-state index contributed by atoms with van der Waals surface area (Å²) in [5, 5.41) is 2.16. The highest BCUT2D eigenvalue weighted by Gasteiger charge is 2.27. The van der Waals surface area contributed by atoms with E-state index in [9.17, 15) is 0 Å². The Hall–Kier alpha value is -1.14. The van der Waals surface area contributed by atoms with Crippen LogP contribution >= 0.6 is 27.3 Å². The van der Waals surface area contributed by atoms with Crippen LogP contribution in [0.15, 0.2) is 22.1 Å². The van der Waals surface area contributed by atoms with Crippen LogP contribution in [0.4, 0.5) is 11.8 Å². The van der Waals surface area contributed by atoms with E-state index in [-0.39, 0.29) is 0 Å². The van der Waals surface area contributed by atoms with E-state index in [4.69, 9.17) is 5.73 Å². The number of aromatic nitrogens is 2. The monoisotopic (exact) mass is 324 g/mol. The van der Waals surface area contributed by atoms with Crippen molar-refractivity contribution in [3.05, 3.63) is 32.6 Å². The van der Waals surface area contributed by atoms with Crippen molar-refractivity contribution in [3.63, 3.8) is 0 Å². The standard InChI is InChI=1S/C12H13BrN4S/c1-7-8-3-5-18-10(8)2-4-17(7)11-9(13)6-15-12(14)16-11/h3,5-7H,2,4H2,1H3,(H2,14,15,16). The highest BCUT2D eigenvalue weighted by atomic mass is 79.9. The molecule has 1 atom stereocenters. The zero-order valence-electron chi connectivity index (χ0n) is 9.93. The molecule has 3 heterocycles. The lowest BCUT2D eigenvalue weighted by atomic mass is 10.0. The summed E-state index contributed by atoms with van der Waals surface area (Å²) in [7, 11) is 0. The van der Waals surface area contributed by atoms with E-state index in [1.165, 1.54) is 10.4 Å². The Balaban J connectivity index is 2.01. The molecule has 0 amide bonds. The molecule has 2 aromatic rings. The molecule has 0 saturated heterocycles. The second-order valence-electron chi connectivity index (χ2n) is 4.32. The van der Waals surface area contributed by atoms with E-state index in [0.29, 0.717) is 12.0 Å². The van der Waals surface area contributed by atoms with E-state index in [1.54, 1.807) is 6.20 Å². The van der Waals surface area contributed by atoms with Gasteiger partial charge < -0.3 is 10.6 Å². The van der Waals surface area contributed by atoms with Crippen LogP contribution in [0.1, 0.15) is 23.4 Å². The molecule has 94 valence electrons. The normalized spacial score (nSPS) is 18.8. The van der Waals surface area contributed by atoms with Gasteiger partial charge >= 0.3 is 0 Å². The van der Waals surface area contributed by atoms with Crippen LogP contribution in [0.5, 0.6) is 0 Å². The first-order valence-corrected chi connectivity index (χ1v) is 7.45. The SMILES string of the molecule is CC1c2ccsc2CCN1c1nc(N)ncc1Br. The van der Waals surface area contributed by atoms with Crippen LogP contribution in [-0.4, -0.2) is 16.5 Å². The minimum Gasteiger partial charge on any atom is -0.368 e. The van der Waals surface area contributed by atoms with Gasteiger partial charge in [-0.2, -0.15) is 4.98 Å². The summed E-state index contributed by atoms with van der Waals surface area (Å²) in [4.78, 5) is 12.1. The van der Waals surface area contributed by atoms with Crippen molar-refractivity contribution in [2.24, 2.45) is 0 Å². The summed E-state index contributed by atoms with van der Waals surface area (Å²) < 4.78 is 0.891. The number of hydrogen-bond acceptors (Lipinski definition) is 5. The lowest BCUT2D eigenvalue weighted by molar-refractivity contribution is 0.623. The third-order valence-electron chi connectivity index (χ3n) is 3.29. The fourth-order valence-corrected chi connectivity index (χ4v) is 3.75. The number of fused-ring (bicyclic) bond motifs is 1. The Bertz CT molecular complexity index is 583. The number of nitrogen functional groups attached to an aromatic ring is 1. The molecule has 18 heavy (non-hydrogen) atoms. The van der Waals surface area contributed by atoms with Crippen molar-refractivity contribution in [1.29, 1.82) is 0 Å². The maximum absolute atomic E-state index is 5.69. The van der Waals surface area contributed by atoms with Crippen LogP contribution in [0.25, 0.3) is 0 Å². The molecule has 2 aromatic heterocycles. The molecule has 4 nitrogen and oxygen atoms in total. The van der Waals surface area contributed by atoms with Gasteiger partial charge in [0, 0.05) is 17.6 Å². The van der Waals surface area contributed by atoms with Crippen molar-refractivity contribution >= 4 is 39.0 Å². The smallest absolute Gasteiger partial charge is 0.222 e. The van der Waals surface area contributed by atoms with Gasteiger partial charge in [0.1, 0.15) is 5.82 Å². The average Bonchev–Trinajstić information content (AvgIpc) is 2.82. The predicted molar refractivity (Wildman–Crippen MR) is 77.9 cm³/mol. The van der Waals surface area contributed by atoms with Crippen LogP contribution in [-0.2, 0) is 6.42 Å². The quantitative estimate of drug-likeness (QED) is 0.876. The Morgan fingerprint density at radius 1 is 1.56 bits per heavy atom. The third-order valence-corrected chi connectivity index (χ3v) is 4.85. The lowest BCUT2D eigenvalue weighted by Gasteiger charge is -2.35. The Morgan fingerprint density at radius 3 is 3.22 bits per heavy atom. The first-order chi connectivity index (χ1) is 8.66. The van der Waals surface area contributed by atoms with Gasteiger partial charge in [0.05, 0.1) is 10.5 Å². The Kier molecular flexibility index (Phi) is 2.99. The van der Waals surface area contributed by atoms with E-state index >= 15 is 0 Å². The maximum atomic E-state index is 5.69. The van der Waals surface area contributed by atoms with Gasteiger partial charge in [0.15, 0.2) is 0 Å². The largest absolute Gasteiger partial charge is 0.368 e. The number of rotatable bonds is 1. The molecule has 0 saturated carbocycles. The summed E-state index contributed by atoms with van der Waals surface area (Å²) in [6, 6.07) is 2.53. The van der Waals surface area contributed by atoms with Crippen molar-refractivity contribution in [2.45, 2.75) is 19.4 Å². The van der Waals surface area contributed by atoms with Gasteiger partial charge in [0.2, 0.25) is 5.95 Å².